The van der Waals surface area contributed by atoms with Crippen LogP contribution in [0.25, 0.3) is 11.4 Å². The Morgan fingerprint density at radius 2 is 2.08 bits per heavy atom. The second-order valence-corrected chi connectivity index (χ2v) is 6.84. The van der Waals surface area contributed by atoms with Crippen LogP contribution in [0, 0.1) is 0 Å². The van der Waals surface area contributed by atoms with Crippen molar-refractivity contribution < 1.29 is 9.32 Å². The molecule has 0 spiro atoms. The standard InChI is InChI=1S/C18H23N5O2/c1-12-11-14(21-20-12)18(24)23-10-6-5-9-15(23)17-19-16(22-25-17)13-7-3-2-4-8-13/h2-4,7-8,12,14-15,20-21H,5-6,9-11H2,1H3. The summed E-state index contributed by atoms with van der Waals surface area (Å²) < 4.78 is 5.53. The van der Waals surface area contributed by atoms with E-state index in [9.17, 15) is 4.79 Å². The molecule has 2 saturated heterocycles. The number of benzene rings is 1. The number of piperidine rings is 1. The lowest BCUT2D eigenvalue weighted by atomic mass is 10.00. The number of carbonyl (C=O) groups is 1. The number of nitrogens with one attached hydrogen (secondary N) is 2. The number of rotatable bonds is 3. The molecule has 0 bridgehead atoms. The van der Waals surface area contributed by atoms with Crippen molar-refractivity contribution in [3.05, 3.63) is 36.2 Å². The van der Waals surface area contributed by atoms with Gasteiger partial charge in [-0.2, -0.15) is 4.98 Å². The van der Waals surface area contributed by atoms with Crippen LogP contribution in [0.4, 0.5) is 0 Å². The van der Waals surface area contributed by atoms with Gasteiger partial charge in [-0.1, -0.05) is 35.5 Å². The molecule has 0 aliphatic carbocycles. The molecule has 1 aromatic heterocycles. The maximum atomic E-state index is 12.9. The fourth-order valence-corrected chi connectivity index (χ4v) is 3.60. The zero-order valence-electron chi connectivity index (χ0n) is 14.3. The Labute approximate surface area is 146 Å². The van der Waals surface area contributed by atoms with Crippen molar-refractivity contribution in [2.75, 3.05) is 6.54 Å². The first-order chi connectivity index (χ1) is 12.2. The van der Waals surface area contributed by atoms with E-state index in [-0.39, 0.29) is 18.0 Å². The van der Waals surface area contributed by atoms with Gasteiger partial charge >= 0.3 is 0 Å². The van der Waals surface area contributed by atoms with Crippen LogP contribution in [-0.4, -0.2) is 39.6 Å². The van der Waals surface area contributed by atoms with Crippen molar-refractivity contribution in [1.82, 2.24) is 25.9 Å². The highest BCUT2D eigenvalue weighted by molar-refractivity contribution is 5.82. The number of nitrogens with zero attached hydrogens (tertiary/aromatic N) is 3. The molecule has 3 unspecified atom stereocenters. The third kappa shape index (κ3) is 3.29. The van der Waals surface area contributed by atoms with Gasteiger partial charge < -0.3 is 9.42 Å². The lowest BCUT2D eigenvalue weighted by Gasteiger charge is -2.35. The Kier molecular flexibility index (Phi) is 4.50. The van der Waals surface area contributed by atoms with E-state index in [4.69, 9.17) is 4.52 Å². The molecular weight excluding hydrogens is 318 g/mol. The minimum Gasteiger partial charge on any atom is -0.337 e. The summed E-state index contributed by atoms with van der Waals surface area (Å²) >= 11 is 0. The number of aromatic nitrogens is 2. The molecule has 2 aliphatic heterocycles. The number of likely N-dealkylation sites (tertiary alicyclic amines) is 1. The van der Waals surface area contributed by atoms with Gasteiger partial charge in [0.25, 0.3) is 0 Å². The maximum absolute atomic E-state index is 12.9. The van der Waals surface area contributed by atoms with Crippen LogP contribution in [0.15, 0.2) is 34.9 Å². The highest BCUT2D eigenvalue weighted by Crippen LogP contribution is 2.32. The first kappa shape index (κ1) is 16.2. The lowest BCUT2D eigenvalue weighted by Crippen LogP contribution is -2.48. The predicted octanol–water partition coefficient (Wildman–Crippen LogP) is 2.05. The molecule has 7 heteroatoms. The van der Waals surface area contributed by atoms with E-state index in [2.05, 4.69) is 27.9 Å². The molecule has 0 saturated carbocycles. The molecule has 2 N–H and O–H groups in total. The molecule has 1 aromatic carbocycles. The van der Waals surface area contributed by atoms with E-state index in [0.717, 1.165) is 37.8 Å². The number of hydrogen-bond donors (Lipinski definition) is 2. The predicted molar refractivity (Wildman–Crippen MR) is 92.2 cm³/mol. The summed E-state index contributed by atoms with van der Waals surface area (Å²) in [5.74, 6) is 1.22. The molecule has 1 amide bonds. The normalized spacial score (nSPS) is 26.8. The van der Waals surface area contributed by atoms with E-state index in [1.165, 1.54) is 0 Å². The molecule has 7 nitrogen and oxygen atoms in total. The van der Waals surface area contributed by atoms with Gasteiger partial charge in [-0.05, 0) is 32.6 Å². The van der Waals surface area contributed by atoms with Gasteiger partial charge in [0.2, 0.25) is 17.6 Å². The number of hydrazine groups is 1. The summed E-state index contributed by atoms with van der Waals surface area (Å²) in [6, 6.07) is 9.72. The zero-order valence-corrected chi connectivity index (χ0v) is 14.3. The van der Waals surface area contributed by atoms with Crippen molar-refractivity contribution in [3.8, 4) is 11.4 Å². The van der Waals surface area contributed by atoms with Crippen LogP contribution in [0.1, 0.15) is 44.5 Å². The van der Waals surface area contributed by atoms with Gasteiger partial charge in [0.1, 0.15) is 12.1 Å². The van der Waals surface area contributed by atoms with Gasteiger partial charge in [0, 0.05) is 18.2 Å². The van der Waals surface area contributed by atoms with Crippen LogP contribution >= 0.6 is 0 Å². The first-order valence-electron chi connectivity index (χ1n) is 8.93. The summed E-state index contributed by atoms with van der Waals surface area (Å²) in [7, 11) is 0. The van der Waals surface area contributed by atoms with Crippen molar-refractivity contribution in [2.24, 2.45) is 0 Å². The van der Waals surface area contributed by atoms with Crippen LogP contribution < -0.4 is 10.9 Å². The van der Waals surface area contributed by atoms with E-state index < -0.39 is 0 Å². The highest BCUT2D eigenvalue weighted by Gasteiger charge is 2.37. The lowest BCUT2D eigenvalue weighted by molar-refractivity contribution is -0.137. The number of amides is 1. The minimum absolute atomic E-state index is 0.112. The summed E-state index contributed by atoms with van der Waals surface area (Å²) in [6.45, 7) is 2.80. The SMILES string of the molecule is CC1CC(C(=O)N2CCCCC2c2nc(-c3ccccc3)no2)NN1. The second-order valence-electron chi connectivity index (χ2n) is 6.84. The quantitative estimate of drug-likeness (QED) is 0.889. The molecule has 3 atom stereocenters. The van der Waals surface area contributed by atoms with Gasteiger partial charge in [-0.25, -0.2) is 5.43 Å². The summed E-state index contributed by atoms with van der Waals surface area (Å²) in [5.41, 5.74) is 7.14. The molecule has 2 aliphatic rings. The smallest absolute Gasteiger partial charge is 0.249 e. The Balaban J connectivity index is 1.55. The third-order valence-corrected chi connectivity index (χ3v) is 4.94. The Morgan fingerprint density at radius 1 is 1.24 bits per heavy atom. The van der Waals surface area contributed by atoms with E-state index >= 15 is 0 Å². The molecule has 2 aromatic rings. The first-order valence-corrected chi connectivity index (χ1v) is 8.93. The minimum atomic E-state index is -0.188. The highest BCUT2D eigenvalue weighted by atomic mass is 16.5. The van der Waals surface area contributed by atoms with Crippen LogP contribution in [0.2, 0.25) is 0 Å². The van der Waals surface area contributed by atoms with E-state index in [0.29, 0.717) is 17.8 Å². The molecule has 4 rings (SSSR count). The van der Waals surface area contributed by atoms with Crippen LogP contribution in [0.3, 0.4) is 0 Å². The number of carbonyl (C=O) groups excluding carboxylic acids is 1. The van der Waals surface area contributed by atoms with Crippen molar-refractivity contribution in [1.29, 1.82) is 0 Å². The van der Waals surface area contributed by atoms with Crippen molar-refractivity contribution in [2.45, 2.75) is 50.7 Å². The topological polar surface area (TPSA) is 83.3 Å². The van der Waals surface area contributed by atoms with Gasteiger partial charge in [0.15, 0.2) is 0 Å². The fourth-order valence-electron chi connectivity index (χ4n) is 3.60. The summed E-state index contributed by atoms with van der Waals surface area (Å²) in [5, 5.41) is 4.11. The van der Waals surface area contributed by atoms with Crippen molar-refractivity contribution >= 4 is 5.91 Å². The van der Waals surface area contributed by atoms with Crippen molar-refractivity contribution in [3.63, 3.8) is 0 Å². The van der Waals surface area contributed by atoms with Crippen LogP contribution in [0.5, 0.6) is 0 Å². The Morgan fingerprint density at radius 3 is 2.84 bits per heavy atom. The molecule has 25 heavy (non-hydrogen) atoms. The zero-order chi connectivity index (χ0) is 17.2. The summed E-state index contributed by atoms with van der Waals surface area (Å²) in [6.07, 6.45) is 3.72. The molecule has 3 heterocycles. The molecular formula is C18H23N5O2. The molecule has 132 valence electrons. The average molecular weight is 341 g/mol. The monoisotopic (exact) mass is 341 g/mol. The largest absolute Gasteiger partial charge is 0.337 e. The van der Waals surface area contributed by atoms with E-state index in [1.54, 1.807) is 0 Å². The van der Waals surface area contributed by atoms with Crippen LogP contribution in [-0.2, 0) is 4.79 Å². The van der Waals surface area contributed by atoms with Gasteiger partial charge in [-0.3, -0.25) is 10.2 Å². The Bertz CT molecular complexity index is 732. The molecule has 2 fully saturated rings. The second kappa shape index (κ2) is 6.93. The summed E-state index contributed by atoms with van der Waals surface area (Å²) in [4.78, 5) is 19.4. The molecule has 0 radical (unpaired) electrons. The Hall–Kier alpha value is -2.25. The van der Waals surface area contributed by atoms with Gasteiger partial charge in [0.05, 0.1) is 0 Å². The average Bonchev–Trinajstić information content (AvgIpc) is 3.31. The van der Waals surface area contributed by atoms with E-state index in [1.807, 2.05) is 35.2 Å². The third-order valence-electron chi connectivity index (χ3n) is 4.94. The van der Waals surface area contributed by atoms with Gasteiger partial charge in [-0.15, -0.1) is 0 Å². The fraction of sp³-hybridized carbons (Fsp3) is 0.500. The maximum Gasteiger partial charge on any atom is 0.249 e. The number of hydrogen-bond acceptors (Lipinski definition) is 6.